The molecule has 0 radical (unpaired) electrons. The van der Waals surface area contributed by atoms with Crippen molar-refractivity contribution >= 4 is 11.9 Å². The molecule has 0 fully saturated rings. The number of fused-ring (bicyclic) bond motifs is 5. The third kappa shape index (κ3) is 4.95. The maximum Gasteiger partial charge on any atom is 0.490 e. The molecule has 0 spiro atoms. The van der Waals surface area contributed by atoms with Crippen molar-refractivity contribution in [3.63, 3.8) is 0 Å². The molecule has 0 unspecified atom stereocenters. The highest BCUT2D eigenvalue weighted by molar-refractivity contribution is 5.97. The third-order valence-corrected chi connectivity index (χ3v) is 5.90. The lowest BCUT2D eigenvalue weighted by atomic mass is 9.90. The molecule has 3 heterocycles. The Labute approximate surface area is 193 Å². The Kier molecular flexibility index (Phi) is 6.67. The lowest BCUT2D eigenvalue weighted by Crippen LogP contribution is -2.41. The molecule has 34 heavy (non-hydrogen) atoms. The van der Waals surface area contributed by atoms with Gasteiger partial charge in [0.25, 0.3) is 5.91 Å². The van der Waals surface area contributed by atoms with Crippen LogP contribution in [0.5, 0.6) is 0 Å². The molecule has 1 N–H and O–H groups in total. The fourth-order valence-corrected chi connectivity index (χ4v) is 4.27. The van der Waals surface area contributed by atoms with Gasteiger partial charge >= 0.3 is 12.1 Å². The number of rotatable bonds is 4. The molecule has 0 saturated heterocycles. The monoisotopic (exact) mass is 472 g/mol. The minimum atomic E-state index is -5.08. The zero-order chi connectivity index (χ0) is 24.3. The van der Waals surface area contributed by atoms with Crippen LogP contribution < -0.4 is 0 Å². The van der Waals surface area contributed by atoms with Gasteiger partial charge in [-0.2, -0.15) is 18.3 Å². The van der Waals surface area contributed by atoms with Crippen molar-refractivity contribution in [3.05, 3.63) is 71.2 Å². The molecule has 10 heteroatoms. The zero-order valence-corrected chi connectivity index (χ0v) is 18.3. The first-order chi connectivity index (χ1) is 16.3. The van der Waals surface area contributed by atoms with Gasteiger partial charge in [-0.25, -0.2) is 4.79 Å². The molecule has 2 aromatic heterocycles. The molecule has 0 atom stereocenters. The predicted octanol–water partition coefficient (Wildman–Crippen LogP) is 3.77. The first-order valence-electron chi connectivity index (χ1n) is 10.9. The van der Waals surface area contributed by atoms with Crippen LogP contribution in [0.3, 0.4) is 0 Å². The van der Waals surface area contributed by atoms with Gasteiger partial charge in [0.2, 0.25) is 0 Å². The van der Waals surface area contributed by atoms with E-state index < -0.39 is 12.1 Å². The maximum atomic E-state index is 13.2. The summed E-state index contributed by atoms with van der Waals surface area (Å²) in [6, 6.07) is 12.5. The molecule has 2 aliphatic rings. The van der Waals surface area contributed by atoms with Gasteiger partial charge in [-0.3, -0.25) is 14.5 Å². The fraction of sp³-hybridized carbons (Fsp3) is 0.333. The molecule has 5 rings (SSSR count). The van der Waals surface area contributed by atoms with Gasteiger partial charge in [-0.15, -0.1) is 0 Å². The highest BCUT2D eigenvalue weighted by Gasteiger charge is 2.38. The van der Waals surface area contributed by atoms with Crippen LogP contribution >= 0.6 is 0 Å². The summed E-state index contributed by atoms with van der Waals surface area (Å²) in [5, 5.41) is 11.9. The Bertz CT molecular complexity index is 1190. The Morgan fingerprint density at radius 3 is 2.53 bits per heavy atom. The van der Waals surface area contributed by atoms with E-state index in [0.29, 0.717) is 0 Å². The van der Waals surface area contributed by atoms with Crippen LogP contribution in [0.2, 0.25) is 0 Å². The number of carboxylic acids is 1. The summed E-state index contributed by atoms with van der Waals surface area (Å²) < 4.78 is 33.7. The molecule has 0 bridgehead atoms. The van der Waals surface area contributed by atoms with Crippen molar-refractivity contribution in [2.75, 3.05) is 13.1 Å². The Morgan fingerprint density at radius 2 is 1.82 bits per heavy atom. The number of aromatic nitrogens is 3. The number of carbonyl (C=O) groups is 2. The van der Waals surface area contributed by atoms with E-state index in [2.05, 4.69) is 29.2 Å². The van der Waals surface area contributed by atoms with E-state index in [4.69, 9.17) is 15.0 Å². The average molecular weight is 472 g/mol. The van der Waals surface area contributed by atoms with Crippen LogP contribution in [-0.4, -0.2) is 55.9 Å². The van der Waals surface area contributed by atoms with E-state index in [0.717, 1.165) is 67.8 Å². The molecule has 1 aliphatic carbocycles. The van der Waals surface area contributed by atoms with Crippen molar-refractivity contribution < 1.29 is 27.9 Å². The summed E-state index contributed by atoms with van der Waals surface area (Å²) in [6.07, 6.45) is 2.43. The van der Waals surface area contributed by atoms with Crippen molar-refractivity contribution in [3.8, 4) is 11.3 Å². The van der Waals surface area contributed by atoms with Gasteiger partial charge in [0.1, 0.15) is 5.69 Å². The van der Waals surface area contributed by atoms with E-state index in [-0.39, 0.29) is 5.91 Å². The number of hydrogen-bond donors (Lipinski definition) is 1. The minimum Gasteiger partial charge on any atom is -0.475 e. The standard InChI is InChI=1S/C22H22N4O.C2HF3O2/c27-22-21-19-9-8-17-15-23-11-10-18(17)20(19)24-26(21)14-13-25(22)12-4-7-16-5-2-1-3-6-16;3-2(4,5)1(6)7/h1-3,5-6,10-11,15H,4,7-9,12-14H2;(H,6,7). The number of halogens is 3. The number of benzene rings is 1. The highest BCUT2D eigenvalue weighted by atomic mass is 19.4. The number of aryl methyl sites for hydroxylation is 2. The molecule has 1 aromatic carbocycles. The third-order valence-electron chi connectivity index (χ3n) is 5.90. The summed E-state index contributed by atoms with van der Waals surface area (Å²) >= 11 is 0. The van der Waals surface area contributed by atoms with Gasteiger partial charge in [-0.1, -0.05) is 30.3 Å². The summed E-state index contributed by atoms with van der Waals surface area (Å²) in [6.45, 7) is 2.32. The zero-order valence-electron chi connectivity index (χ0n) is 18.3. The largest absolute Gasteiger partial charge is 0.490 e. The number of carbonyl (C=O) groups excluding carboxylic acids is 1. The van der Waals surface area contributed by atoms with Crippen LogP contribution in [0.15, 0.2) is 48.8 Å². The van der Waals surface area contributed by atoms with E-state index in [9.17, 15) is 18.0 Å². The number of hydrogen-bond acceptors (Lipinski definition) is 4. The van der Waals surface area contributed by atoms with Crippen molar-refractivity contribution in [2.45, 2.75) is 38.4 Å². The number of pyridine rings is 1. The van der Waals surface area contributed by atoms with Gasteiger partial charge < -0.3 is 10.0 Å². The second-order valence-corrected chi connectivity index (χ2v) is 8.12. The first-order valence-corrected chi connectivity index (χ1v) is 10.9. The lowest BCUT2D eigenvalue weighted by Gasteiger charge is -2.28. The summed E-state index contributed by atoms with van der Waals surface area (Å²) in [7, 11) is 0. The molecule has 178 valence electrons. The molecule has 0 saturated carbocycles. The number of amides is 1. The molecule has 7 nitrogen and oxygen atoms in total. The van der Waals surface area contributed by atoms with Crippen molar-refractivity contribution in [2.24, 2.45) is 0 Å². The van der Waals surface area contributed by atoms with Crippen molar-refractivity contribution in [1.82, 2.24) is 19.7 Å². The van der Waals surface area contributed by atoms with Crippen LogP contribution in [0.25, 0.3) is 11.3 Å². The second-order valence-electron chi connectivity index (χ2n) is 8.12. The summed E-state index contributed by atoms with van der Waals surface area (Å²) in [4.78, 5) is 28.3. The topological polar surface area (TPSA) is 88.3 Å². The first kappa shape index (κ1) is 23.5. The fourth-order valence-electron chi connectivity index (χ4n) is 4.27. The smallest absolute Gasteiger partial charge is 0.475 e. The van der Waals surface area contributed by atoms with Crippen LogP contribution in [0.1, 0.15) is 33.6 Å². The molecule has 1 amide bonds. The summed E-state index contributed by atoms with van der Waals surface area (Å²) in [5.41, 5.74) is 6.59. The number of nitrogens with zero attached hydrogens (tertiary/aromatic N) is 4. The molecule has 3 aromatic rings. The Morgan fingerprint density at radius 1 is 1.09 bits per heavy atom. The highest BCUT2D eigenvalue weighted by Crippen LogP contribution is 2.35. The van der Waals surface area contributed by atoms with E-state index in [1.54, 1.807) is 0 Å². The Hall–Kier alpha value is -3.69. The number of aliphatic carboxylic acids is 1. The SMILES string of the molecule is O=C(O)C(F)(F)F.O=C1c2c3c(nn2CCN1CCCc1ccccc1)-c1ccncc1CC3. The molecular weight excluding hydrogens is 449 g/mol. The second kappa shape index (κ2) is 9.66. The normalized spacial score (nSPS) is 14.4. The van der Waals surface area contributed by atoms with E-state index in [1.807, 2.05) is 34.1 Å². The van der Waals surface area contributed by atoms with Crippen LogP contribution in [-0.2, 0) is 30.6 Å². The Balaban J connectivity index is 0.000000344. The van der Waals surface area contributed by atoms with Gasteiger partial charge in [0, 0.05) is 36.6 Å². The maximum absolute atomic E-state index is 13.2. The quantitative estimate of drug-likeness (QED) is 0.625. The summed E-state index contributed by atoms with van der Waals surface area (Å²) in [5.74, 6) is -2.62. The minimum absolute atomic E-state index is 0.139. The van der Waals surface area contributed by atoms with Crippen molar-refractivity contribution in [1.29, 1.82) is 0 Å². The van der Waals surface area contributed by atoms with Gasteiger partial charge in [0.05, 0.1) is 12.2 Å². The van der Waals surface area contributed by atoms with Crippen LogP contribution in [0, 0.1) is 0 Å². The van der Waals surface area contributed by atoms with Gasteiger partial charge in [0.15, 0.2) is 0 Å². The predicted molar refractivity (Wildman–Crippen MR) is 117 cm³/mol. The van der Waals surface area contributed by atoms with Gasteiger partial charge in [-0.05, 0) is 42.9 Å². The van der Waals surface area contributed by atoms with Crippen LogP contribution in [0.4, 0.5) is 13.2 Å². The number of alkyl halides is 3. The van der Waals surface area contributed by atoms with E-state index >= 15 is 0 Å². The lowest BCUT2D eigenvalue weighted by molar-refractivity contribution is -0.192. The van der Waals surface area contributed by atoms with E-state index in [1.165, 1.54) is 11.1 Å². The number of carboxylic acid groups (broad SMARTS) is 1. The molecular formula is C24H23F3N4O3. The average Bonchev–Trinajstić information content (AvgIpc) is 3.21. The molecule has 1 aliphatic heterocycles.